The zero-order valence-electron chi connectivity index (χ0n) is 12.1. The minimum Gasteiger partial charge on any atom is -0.385 e. The molecule has 0 aliphatic rings. The first-order valence-corrected chi connectivity index (χ1v) is 6.91. The Balaban J connectivity index is 2.24. The molecule has 2 heterocycles. The van der Waals surface area contributed by atoms with Gasteiger partial charge in [0, 0.05) is 29.1 Å². The van der Waals surface area contributed by atoms with E-state index in [-0.39, 0.29) is 22.9 Å². The Morgan fingerprint density at radius 1 is 1.04 bits per heavy atom. The number of nitrogens with two attached hydrogens (primary N) is 2. The standard InChI is InChI=1S/C17H14N4O2/c18-16-13(17(19)23)12(11-7-4-8-20-9-11)14(21-16)15(22)10-5-2-1-3-6-10/h1-9,21H,18H2,(H2,19,23). The molecule has 6 nitrogen and oxygen atoms in total. The third-order valence-corrected chi connectivity index (χ3v) is 3.49. The first-order chi connectivity index (χ1) is 11.1. The van der Waals surface area contributed by atoms with E-state index in [1.54, 1.807) is 48.8 Å². The number of nitrogen functional groups attached to an aromatic ring is 1. The molecule has 0 aliphatic carbocycles. The van der Waals surface area contributed by atoms with Crippen molar-refractivity contribution in [1.29, 1.82) is 0 Å². The number of nitrogens with zero attached hydrogens (tertiary/aromatic N) is 1. The highest BCUT2D eigenvalue weighted by Gasteiger charge is 2.25. The molecule has 0 fully saturated rings. The maximum absolute atomic E-state index is 12.8. The number of nitrogens with one attached hydrogen (secondary N) is 1. The molecule has 1 aromatic carbocycles. The van der Waals surface area contributed by atoms with Gasteiger partial charge >= 0.3 is 0 Å². The maximum Gasteiger partial charge on any atom is 0.253 e. The first kappa shape index (κ1) is 14.5. The van der Waals surface area contributed by atoms with Gasteiger partial charge in [0.1, 0.15) is 5.82 Å². The number of primary amides is 1. The molecule has 3 aromatic rings. The van der Waals surface area contributed by atoms with Gasteiger partial charge in [-0.15, -0.1) is 0 Å². The fourth-order valence-corrected chi connectivity index (χ4v) is 2.48. The lowest BCUT2D eigenvalue weighted by atomic mass is 9.98. The van der Waals surface area contributed by atoms with E-state index in [2.05, 4.69) is 9.97 Å². The average Bonchev–Trinajstić information content (AvgIpc) is 2.93. The number of ketones is 1. The minimum atomic E-state index is -0.704. The Morgan fingerprint density at radius 2 is 1.78 bits per heavy atom. The van der Waals surface area contributed by atoms with Gasteiger partial charge in [-0.1, -0.05) is 36.4 Å². The van der Waals surface area contributed by atoms with Crippen LogP contribution in [0.3, 0.4) is 0 Å². The summed E-state index contributed by atoms with van der Waals surface area (Å²) in [7, 11) is 0. The number of hydrogen-bond donors (Lipinski definition) is 3. The molecule has 0 spiro atoms. The predicted molar refractivity (Wildman–Crippen MR) is 86.8 cm³/mol. The van der Waals surface area contributed by atoms with Crippen molar-refractivity contribution in [3.05, 3.63) is 71.7 Å². The fourth-order valence-electron chi connectivity index (χ4n) is 2.48. The van der Waals surface area contributed by atoms with Crippen molar-refractivity contribution in [2.75, 3.05) is 5.73 Å². The van der Waals surface area contributed by atoms with E-state index in [0.29, 0.717) is 16.7 Å². The summed E-state index contributed by atoms with van der Waals surface area (Å²) in [6.07, 6.45) is 3.15. The van der Waals surface area contributed by atoms with Gasteiger partial charge in [-0.2, -0.15) is 0 Å². The average molecular weight is 306 g/mol. The number of benzene rings is 1. The number of H-pyrrole nitrogens is 1. The first-order valence-electron chi connectivity index (χ1n) is 6.91. The maximum atomic E-state index is 12.8. The van der Waals surface area contributed by atoms with Gasteiger partial charge in [-0.25, -0.2) is 0 Å². The number of anilines is 1. The van der Waals surface area contributed by atoms with Crippen LogP contribution >= 0.6 is 0 Å². The van der Waals surface area contributed by atoms with E-state index in [9.17, 15) is 9.59 Å². The summed E-state index contributed by atoms with van der Waals surface area (Å²) in [6.45, 7) is 0. The second kappa shape index (κ2) is 5.76. The molecular weight excluding hydrogens is 292 g/mol. The smallest absolute Gasteiger partial charge is 0.253 e. The highest BCUT2D eigenvalue weighted by molar-refractivity contribution is 6.17. The van der Waals surface area contributed by atoms with Crippen molar-refractivity contribution in [2.24, 2.45) is 5.73 Å². The van der Waals surface area contributed by atoms with Gasteiger partial charge in [0.05, 0.1) is 11.3 Å². The number of hydrogen-bond acceptors (Lipinski definition) is 4. The van der Waals surface area contributed by atoms with Crippen LogP contribution in [0.5, 0.6) is 0 Å². The van der Waals surface area contributed by atoms with Crippen molar-refractivity contribution in [3.8, 4) is 11.1 Å². The van der Waals surface area contributed by atoms with Crippen molar-refractivity contribution in [1.82, 2.24) is 9.97 Å². The Labute approximate surface area is 132 Å². The minimum absolute atomic E-state index is 0.0654. The molecule has 23 heavy (non-hydrogen) atoms. The number of aromatic nitrogens is 2. The molecular formula is C17H14N4O2. The second-order valence-electron chi connectivity index (χ2n) is 4.96. The van der Waals surface area contributed by atoms with Gasteiger partial charge in [-0.3, -0.25) is 14.6 Å². The van der Waals surface area contributed by atoms with Crippen LogP contribution in [-0.2, 0) is 0 Å². The normalized spacial score (nSPS) is 10.4. The zero-order chi connectivity index (χ0) is 16.4. The van der Waals surface area contributed by atoms with Crippen LogP contribution in [0.1, 0.15) is 26.4 Å². The Hall–Kier alpha value is -3.41. The number of amides is 1. The van der Waals surface area contributed by atoms with Crippen molar-refractivity contribution >= 4 is 17.5 Å². The lowest BCUT2D eigenvalue weighted by Crippen LogP contribution is -2.13. The summed E-state index contributed by atoms with van der Waals surface area (Å²) in [6, 6.07) is 12.2. The quantitative estimate of drug-likeness (QED) is 0.639. The van der Waals surface area contributed by atoms with Crippen LogP contribution in [0, 0.1) is 0 Å². The topological polar surface area (TPSA) is 115 Å². The number of rotatable bonds is 4. The van der Waals surface area contributed by atoms with Crippen molar-refractivity contribution in [3.63, 3.8) is 0 Å². The molecule has 3 rings (SSSR count). The highest BCUT2D eigenvalue weighted by Crippen LogP contribution is 2.32. The third kappa shape index (κ3) is 2.57. The van der Waals surface area contributed by atoms with E-state index in [4.69, 9.17) is 11.5 Å². The summed E-state index contributed by atoms with van der Waals surface area (Å²) < 4.78 is 0. The Kier molecular flexibility index (Phi) is 3.64. The van der Waals surface area contributed by atoms with E-state index in [1.165, 1.54) is 0 Å². The summed E-state index contributed by atoms with van der Waals surface area (Å²) in [5.74, 6) is -0.913. The Morgan fingerprint density at radius 3 is 2.39 bits per heavy atom. The monoisotopic (exact) mass is 306 g/mol. The van der Waals surface area contributed by atoms with Gasteiger partial charge in [-0.05, 0) is 6.07 Å². The lowest BCUT2D eigenvalue weighted by Gasteiger charge is -2.05. The molecule has 0 radical (unpaired) electrons. The SMILES string of the molecule is NC(=O)c1c(N)[nH]c(C(=O)c2ccccc2)c1-c1cccnc1. The molecule has 0 bridgehead atoms. The number of carbonyl (C=O) groups is 2. The van der Waals surface area contributed by atoms with Crippen LogP contribution in [-0.4, -0.2) is 21.7 Å². The van der Waals surface area contributed by atoms with E-state index < -0.39 is 5.91 Å². The van der Waals surface area contributed by atoms with E-state index in [1.807, 2.05) is 6.07 Å². The molecule has 6 heteroatoms. The van der Waals surface area contributed by atoms with E-state index in [0.717, 1.165) is 0 Å². The molecule has 0 saturated heterocycles. The van der Waals surface area contributed by atoms with Crippen LogP contribution in [0.25, 0.3) is 11.1 Å². The zero-order valence-corrected chi connectivity index (χ0v) is 12.1. The molecule has 0 unspecified atom stereocenters. The molecule has 1 amide bonds. The summed E-state index contributed by atoms with van der Waals surface area (Å²) in [4.78, 5) is 31.4. The van der Waals surface area contributed by atoms with Crippen LogP contribution in [0.15, 0.2) is 54.9 Å². The largest absolute Gasteiger partial charge is 0.385 e. The van der Waals surface area contributed by atoms with Gasteiger partial charge in [0.25, 0.3) is 5.91 Å². The predicted octanol–water partition coefficient (Wildman–Crippen LogP) is 1.99. The fraction of sp³-hybridized carbons (Fsp3) is 0. The number of aromatic amines is 1. The van der Waals surface area contributed by atoms with Crippen molar-refractivity contribution < 1.29 is 9.59 Å². The van der Waals surface area contributed by atoms with Gasteiger partial charge in [0.15, 0.2) is 0 Å². The second-order valence-corrected chi connectivity index (χ2v) is 4.96. The number of carbonyl (C=O) groups excluding carboxylic acids is 2. The summed E-state index contributed by atoms with van der Waals surface area (Å²) in [5.41, 5.74) is 13.1. The molecule has 0 saturated carbocycles. The van der Waals surface area contributed by atoms with Gasteiger partial charge in [0.2, 0.25) is 5.78 Å². The van der Waals surface area contributed by atoms with E-state index >= 15 is 0 Å². The van der Waals surface area contributed by atoms with Crippen LogP contribution < -0.4 is 11.5 Å². The van der Waals surface area contributed by atoms with Gasteiger partial charge < -0.3 is 16.5 Å². The van der Waals surface area contributed by atoms with Crippen molar-refractivity contribution in [2.45, 2.75) is 0 Å². The van der Waals surface area contributed by atoms with Crippen LogP contribution in [0.2, 0.25) is 0 Å². The third-order valence-electron chi connectivity index (χ3n) is 3.49. The summed E-state index contributed by atoms with van der Waals surface area (Å²) in [5, 5.41) is 0. The Bertz CT molecular complexity index is 870. The molecule has 0 aliphatic heterocycles. The van der Waals surface area contributed by atoms with Crippen LogP contribution in [0.4, 0.5) is 5.82 Å². The highest BCUT2D eigenvalue weighted by atomic mass is 16.1. The molecule has 2 aromatic heterocycles. The molecule has 114 valence electrons. The summed E-state index contributed by atoms with van der Waals surface area (Å²) >= 11 is 0. The molecule has 5 N–H and O–H groups in total. The molecule has 0 atom stereocenters. The lowest BCUT2D eigenvalue weighted by molar-refractivity contribution is 0.100. The number of pyridine rings is 1.